The number of aliphatic carboxylic acids is 2. The molecule has 22 heteroatoms. The number of rotatable bonds is 47. The van der Waals surface area contributed by atoms with Crippen LogP contribution in [0.1, 0.15) is 167 Å². The highest BCUT2D eigenvalue weighted by Gasteiger charge is 2.27. The Kier molecular flexibility index (Phi) is 45.5. The maximum atomic E-state index is 12.8. The molecule has 0 bridgehead atoms. The third-order valence-electron chi connectivity index (χ3n) is 11.8. The standard InChI is InChI=1S/C49H87N5O14.HNO2/c55-30-33-67-35-34-65-31-28-50-45(58)39-68-37-36-66-32-29-52-49(64)42(25-26-47(61)62)54-44(57)19-17-27-51-48(63)41-23-21-40(22-24-41)38-53-43(56)18-15-13-11-9-7-5-3-1-2-4-6-8-10-12-14-16-20-46(59)60;2-1-3/h30,40-42H,1-29,31-39H2,(H,50,58)(H,51,63)(H,52,64)(H,53,56)(H,54,57)(H,59,60)(H,61,62);(H,2,3). The molecule has 22 nitrogen and oxygen atoms in total. The molecule has 0 aromatic heterocycles. The number of carboxylic acids is 2. The fourth-order valence-corrected chi connectivity index (χ4v) is 7.84. The van der Waals surface area contributed by atoms with Crippen LogP contribution in [0.2, 0.25) is 0 Å². The zero-order chi connectivity index (χ0) is 52.4. The van der Waals surface area contributed by atoms with Crippen molar-refractivity contribution in [3.05, 3.63) is 4.91 Å². The van der Waals surface area contributed by atoms with E-state index in [1.54, 1.807) is 0 Å². The van der Waals surface area contributed by atoms with E-state index in [2.05, 4.69) is 26.6 Å². The first-order chi connectivity index (χ1) is 34.4. The number of nitrogens with zero attached hydrogens (tertiary/aromatic N) is 1. The van der Waals surface area contributed by atoms with Gasteiger partial charge in [-0.1, -0.05) is 89.9 Å². The van der Waals surface area contributed by atoms with E-state index in [4.69, 9.17) is 39.3 Å². The van der Waals surface area contributed by atoms with Gasteiger partial charge in [-0.2, -0.15) is 0 Å². The second-order valence-electron chi connectivity index (χ2n) is 17.8. The quantitative estimate of drug-likeness (QED) is 0.0174. The van der Waals surface area contributed by atoms with Crippen LogP contribution in [0.25, 0.3) is 0 Å². The summed E-state index contributed by atoms with van der Waals surface area (Å²) in [6, 6.07) is -1.05. The molecule has 71 heavy (non-hydrogen) atoms. The molecular formula is C49H88N6O16. The van der Waals surface area contributed by atoms with Gasteiger partial charge in [0.15, 0.2) is 5.34 Å². The van der Waals surface area contributed by atoms with E-state index < -0.39 is 29.8 Å². The summed E-state index contributed by atoms with van der Waals surface area (Å²) in [5.74, 6) is -2.81. The van der Waals surface area contributed by atoms with Crippen LogP contribution in [0, 0.1) is 16.7 Å². The van der Waals surface area contributed by atoms with Crippen molar-refractivity contribution in [1.29, 1.82) is 0 Å². The van der Waals surface area contributed by atoms with Gasteiger partial charge in [0.25, 0.3) is 0 Å². The lowest BCUT2D eigenvalue weighted by molar-refractivity contribution is -0.138. The van der Waals surface area contributed by atoms with Gasteiger partial charge in [0, 0.05) is 57.8 Å². The van der Waals surface area contributed by atoms with E-state index in [0.29, 0.717) is 57.7 Å². The monoisotopic (exact) mass is 1020 g/mol. The molecule has 0 saturated heterocycles. The maximum absolute atomic E-state index is 12.8. The van der Waals surface area contributed by atoms with Crippen molar-refractivity contribution >= 4 is 47.8 Å². The maximum Gasteiger partial charge on any atom is 0.303 e. The minimum Gasteiger partial charge on any atom is -0.481 e. The van der Waals surface area contributed by atoms with Crippen LogP contribution in [-0.4, -0.2) is 148 Å². The van der Waals surface area contributed by atoms with Crippen LogP contribution in [0.4, 0.5) is 0 Å². The second-order valence-corrected chi connectivity index (χ2v) is 17.8. The smallest absolute Gasteiger partial charge is 0.303 e. The summed E-state index contributed by atoms with van der Waals surface area (Å²) in [6.45, 7) is 2.47. The summed E-state index contributed by atoms with van der Waals surface area (Å²) in [4.78, 5) is 103. The Morgan fingerprint density at radius 2 is 1.00 bits per heavy atom. The Balaban J connectivity index is 0.0000159. The lowest BCUT2D eigenvalue weighted by Gasteiger charge is -2.28. The van der Waals surface area contributed by atoms with Crippen LogP contribution >= 0.6 is 0 Å². The predicted octanol–water partition coefficient (Wildman–Crippen LogP) is 4.90. The molecule has 0 heterocycles. The minimum atomic E-state index is -1.10. The molecule has 1 aliphatic rings. The van der Waals surface area contributed by atoms with Gasteiger partial charge in [-0.15, -0.1) is 4.91 Å². The first kappa shape index (κ1) is 66.2. The normalized spacial score (nSPS) is 14.5. The molecule has 0 aromatic carbocycles. The van der Waals surface area contributed by atoms with Crippen LogP contribution in [0.15, 0.2) is 5.34 Å². The molecule has 1 fully saturated rings. The lowest BCUT2D eigenvalue weighted by Crippen LogP contribution is -2.47. The fourth-order valence-electron chi connectivity index (χ4n) is 7.84. The third-order valence-corrected chi connectivity index (χ3v) is 11.8. The molecule has 1 saturated carbocycles. The Bertz CT molecular complexity index is 1440. The second kappa shape index (κ2) is 48.8. The van der Waals surface area contributed by atoms with Gasteiger partial charge in [0.1, 0.15) is 25.5 Å². The zero-order valence-electron chi connectivity index (χ0n) is 42.3. The number of nitrogens with one attached hydrogen (secondary N) is 5. The summed E-state index contributed by atoms with van der Waals surface area (Å²) >= 11 is 0. The number of hydrogen-bond acceptors (Lipinski definition) is 14. The molecule has 0 radical (unpaired) electrons. The summed E-state index contributed by atoms with van der Waals surface area (Å²) in [5.41, 5.74) is 0. The van der Waals surface area contributed by atoms with Crippen molar-refractivity contribution in [1.82, 2.24) is 26.6 Å². The van der Waals surface area contributed by atoms with Gasteiger partial charge in [0.2, 0.25) is 29.5 Å². The third kappa shape index (κ3) is 44.9. The number of aldehydes is 1. The summed E-state index contributed by atoms with van der Waals surface area (Å²) < 4.78 is 20.9. The van der Waals surface area contributed by atoms with Crippen molar-refractivity contribution in [3.63, 3.8) is 0 Å². The molecule has 1 rings (SSSR count). The van der Waals surface area contributed by atoms with Crippen molar-refractivity contribution in [3.8, 4) is 0 Å². The fraction of sp³-hybridized carbons (Fsp3) is 0.837. The van der Waals surface area contributed by atoms with Crippen molar-refractivity contribution < 1.29 is 72.7 Å². The van der Waals surface area contributed by atoms with E-state index in [1.165, 1.54) is 76.0 Å². The van der Waals surface area contributed by atoms with Gasteiger partial charge in [0.05, 0.1) is 39.6 Å². The molecule has 8 N–H and O–H groups in total. The summed E-state index contributed by atoms with van der Waals surface area (Å²) in [6.07, 6.45) is 23.5. The molecule has 1 atom stereocenters. The lowest BCUT2D eigenvalue weighted by atomic mass is 9.81. The molecular weight excluding hydrogens is 929 g/mol. The number of carbonyl (C=O) groups is 8. The van der Waals surface area contributed by atoms with Gasteiger partial charge in [-0.3, -0.25) is 33.6 Å². The number of hydrogen-bond donors (Lipinski definition) is 8. The number of carboxylic acid groups (broad SMARTS) is 2. The Morgan fingerprint density at radius 3 is 1.54 bits per heavy atom. The van der Waals surface area contributed by atoms with E-state index in [9.17, 15) is 38.4 Å². The minimum absolute atomic E-state index is 0.0137. The first-order valence-electron chi connectivity index (χ1n) is 26.0. The topological polar surface area (TPSA) is 324 Å². The Morgan fingerprint density at radius 1 is 0.521 bits per heavy atom. The van der Waals surface area contributed by atoms with Crippen molar-refractivity contribution in [2.24, 2.45) is 17.2 Å². The molecule has 5 amide bonds. The predicted molar refractivity (Wildman–Crippen MR) is 263 cm³/mol. The Labute approximate surface area is 420 Å². The summed E-state index contributed by atoms with van der Waals surface area (Å²) in [7, 11) is 0. The zero-order valence-corrected chi connectivity index (χ0v) is 42.3. The molecule has 410 valence electrons. The number of unbranched alkanes of at least 4 members (excludes halogenated alkanes) is 15. The molecule has 1 aliphatic carbocycles. The van der Waals surface area contributed by atoms with E-state index in [-0.39, 0.29) is 95.7 Å². The van der Waals surface area contributed by atoms with Crippen LogP contribution in [-0.2, 0) is 57.3 Å². The first-order valence-corrected chi connectivity index (χ1v) is 26.0. The average molecular weight is 1020 g/mol. The highest BCUT2D eigenvalue weighted by Crippen LogP contribution is 2.28. The average Bonchev–Trinajstić information content (AvgIpc) is 3.34. The van der Waals surface area contributed by atoms with E-state index >= 15 is 0 Å². The summed E-state index contributed by atoms with van der Waals surface area (Å²) in [5, 5.41) is 39.6. The van der Waals surface area contributed by atoms with Gasteiger partial charge in [-0.05, 0) is 57.3 Å². The molecule has 1 unspecified atom stereocenters. The van der Waals surface area contributed by atoms with Crippen LogP contribution in [0.3, 0.4) is 0 Å². The highest BCUT2D eigenvalue weighted by molar-refractivity contribution is 5.88. The molecule has 0 aromatic rings. The number of carbonyl (C=O) groups excluding carboxylic acids is 6. The van der Waals surface area contributed by atoms with Crippen LogP contribution < -0.4 is 26.6 Å². The number of amides is 5. The molecule has 0 aliphatic heterocycles. The van der Waals surface area contributed by atoms with Crippen molar-refractivity contribution in [2.75, 3.05) is 79.0 Å². The van der Waals surface area contributed by atoms with Crippen molar-refractivity contribution in [2.45, 2.75) is 173 Å². The van der Waals surface area contributed by atoms with Gasteiger partial charge < -0.3 is 65.7 Å². The van der Waals surface area contributed by atoms with Gasteiger partial charge >= 0.3 is 11.9 Å². The molecule has 0 spiro atoms. The number of ether oxygens (including phenoxy) is 4. The van der Waals surface area contributed by atoms with Crippen LogP contribution in [0.5, 0.6) is 0 Å². The van der Waals surface area contributed by atoms with Gasteiger partial charge in [-0.25, -0.2) is 0 Å². The Hall–Kier alpha value is -4.80. The van der Waals surface area contributed by atoms with E-state index in [1.807, 2.05) is 0 Å². The highest BCUT2D eigenvalue weighted by atomic mass is 16.6. The largest absolute Gasteiger partial charge is 0.481 e. The van der Waals surface area contributed by atoms with E-state index in [0.717, 1.165) is 57.8 Å². The SMILES string of the molecule is O=CCOCCOCCNC(=O)COCCOCCNC(=O)C(CCC(=O)O)NC(=O)CCCNC(=O)C1CCC(CNC(=O)CCCCCCCCCCCCCCCCCCC(=O)O)CC1.O=NO.